The molecule has 0 radical (unpaired) electrons. The summed E-state index contributed by atoms with van der Waals surface area (Å²) in [7, 11) is 0. The fourth-order valence-corrected chi connectivity index (χ4v) is 2.05. The molecule has 6 heteroatoms. The highest BCUT2D eigenvalue weighted by Crippen LogP contribution is 2.29. The summed E-state index contributed by atoms with van der Waals surface area (Å²) < 4.78 is 37.5. The van der Waals surface area contributed by atoms with Crippen molar-refractivity contribution in [2.45, 2.75) is 32.5 Å². The van der Waals surface area contributed by atoms with Crippen molar-refractivity contribution in [2.24, 2.45) is 0 Å². The van der Waals surface area contributed by atoms with Gasteiger partial charge in [-0.1, -0.05) is 6.92 Å². The predicted octanol–water partition coefficient (Wildman–Crippen LogP) is 5.17. The predicted molar refractivity (Wildman–Crippen MR) is 89.2 cm³/mol. The van der Waals surface area contributed by atoms with Gasteiger partial charge >= 0.3 is 6.18 Å². The van der Waals surface area contributed by atoms with Crippen LogP contribution < -0.4 is 10.6 Å². The number of benzene rings is 2. The molecular weight excluding hydrogens is 317 g/mol. The third-order valence-electron chi connectivity index (χ3n) is 3.64. The molecule has 0 heterocycles. The summed E-state index contributed by atoms with van der Waals surface area (Å²) in [6, 6.07) is 11.6. The Labute approximate surface area is 138 Å². The number of hydrogen-bond acceptors (Lipinski definition) is 2. The Hall–Kier alpha value is -2.50. The van der Waals surface area contributed by atoms with Crippen LogP contribution in [-0.4, -0.2) is 11.9 Å². The molecule has 0 aliphatic carbocycles. The van der Waals surface area contributed by atoms with Crippen LogP contribution in [-0.2, 0) is 6.18 Å². The molecule has 2 aromatic rings. The van der Waals surface area contributed by atoms with Crippen LogP contribution in [0.25, 0.3) is 0 Å². The standard InChI is InChI=1S/C18H19F3N2O/c1-3-12(2)22-15-8-10-16(11-9-15)23-17(24)13-4-6-14(7-5-13)18(19,20)21/h4-12,22H,3H2,1-2H3,(H,23,24). The monoisotopic (exact) mass is 336 g/mol. The first-order chi connectivity index (χ1) is 11.3. The fourth-order valence-electron chi connectivity index (χ4n) is 2.05. The highest BCUT2D eigenvalue weighted by Gasteiger charge is 2.30. The maximum Gasteiger partial charge on any atom is 0.416 e. The van der Waals surface area contributed by atoms with Crippen molar-refractivity contribution in [1.29, 1.82) is 0 Å². The number of anilines is 2. The number of carbonyl (C=O) groups excluding carboxylic acids is 1. The van der Waals surface area contributed by atoms with Crippen molar-refractivity contribution in [2.75, 3.05) is 10.6 Å². The van der Waals surface area contributed by atoms with Crippen molar-refractivity contribution >= 4 is 17.3 Å². The molecule has 2 N–H and O–H groups in total. The summed E-state index contributed by atoms with van der Waals surface area (Å²) in [4.78, 5) is 12.1. The number of carbonyl (C=O) groups is 1. The molecule has 128 valence electrons. The second-order valence-corrected chi connectivity index (χ2v) is 5.56. The number of rotatable bonds is 5. The normalized spacial score (nSPS) is 12.5. The van der Waals surface area contributed by atoms with Crippen LogP contribution in [0.5, 0.6) is 0 Å². The lowest BCUT2D eigenvalue weighted by atomic mass is 10.1. The molecule has 3 nitrogen and oxygen atoms in total. The van der Waals surface area contributed by atoms with E-state index in [2.05, 4.69) is 24.5 Å². The average molecular weight is 336 g/mol. The summed E-state index contributed by atoms with van der Waals surface area (Å²) in [6.07, 6.45) is -3.42. The Balaban J connectivity index is 2.01. The Bertz CT molecular complexity index is 679. The lowest BCUT2D eigenvalue weighted by Crippen LogP contribution is -2.14. The van der Waals surface area contributed by atoms with E-state index < -0.39 is 17.6 Å². The molecule has 0 saturated heterocycles. The van der Waals surface area contributed by atoms with Gasteiger partial charge in [0.1, 0.15) is 0 Å². The molecule has 2 rings (SSSR count). The van der Waals surface area contributed by atoms with E-state index in [1.807, 2.05) is 12.1 Å². The smallest absolute Gasteiger partial charge is 0.383 e. The minimum Gasteiger partial charge on any atom is -0.383 e. The topological polar surface area (TPSA) is 41.1 Å². The summed E-state index contributed by atoms with van der Waals surface area (Å²) in [5, 5.41) is 5.97. The van der Waals surface area contributed by atoms with Gasteiger partial charge in [-0.25, -0.2) is 0 Å². The Morgan fingerprint density at radius 2 is 1.54 bits per heavy atom. The van der Waals surface area contributed by atoms with Gasteiger partial charge in [0.15, 0.2) is 0 Å². The minimum atomic E-state index is -4.41. The second kappa shape index (κ2) is 7.38. The Kier molecular flexibility index (Phi) is 5.49. The zero-order valence-electron chi connectivity index (χ0n) is 13.4. The van der Waals surface area contributed by atoms with Crippen molar-refractivity contribution in [3.05, 3.63) is 59.7 Å². The molecule has 0 aromatic heterocycles. The zero-order chi connectivity index (χ0) is 17.7. The van der Waals surface area contributed by atoms with Crippen LogP contribution >= 0.6 is 0 Å². The first-order valence-corrected chi connectivity index (χ1v) is 7.65. The van der Waals surface area contributed by atoms with Gasteiger partial charge in [-0.3, -0.25) is 4.79 Å². The van der Waals surface area contributed by atoms with Gasteiger partial charge in [-0.05, 0) is 61.9 Å². The van der Waals surface area contributed by atoms with E-state index in [0.29, 0.717) is 11.7 Å². The van der Waals surface area contributed by atoms with E-state index in [4.69, 9.17) is 0 Å². The SMILES string of the molecule is CCC(C)Nc1ccc(NC(=O)c2ccc(C(F)(F)F)cc2)cc1. The minimum absolute atomic E-state index is 0.171. The third kappa shape index (κ3) is 4.75. The van der Waals surface area contributed by atoms with Crippen LogP contribution in [0.3, 0.4) is 0 Å². The van der Waals surface area contributed by atoms with Gasteiger partial charge < -0.3 is 10.6 Å². The zero-order valence-corrected chi connectivity index (χ0v) is 13.4. The van der Waals surface area contributed by atoms with Crippen LogP contribution in [0.1, 0.15) is 36.2 Å². The molecular formula is C18H19F3N2O. The van der Waals surface area contributed by atoms with E-state index in [1.54, 1.807) is 12.1 Å². The van der Waals surface area contributed by atoms with Gasteiger partial charge in [0.25, 0.3) is 5.91 Å². The molecule has 0 fully saturated rings. The summed E-state index contributed by atoms with van der Waals surface area (Å²) in [5.74, 6) is -0.452. The number of halogens is 3. The lowest BCUT2D eigenvalue weighted by molar-refractivity contribution is -0.137. The largest absolute Gasteiger partial charge is 0.416 e. The lowest BCUT2D eigenvalue weighted by Gasteiger charge is -2.13. The molecule has 0 spiro atoms. The van der Waals surface area contributed by atoms with Gasteiger partial charge in [0.05, 0.1) is 5.56 Å². The summed E-state index contributed by atoms with van der Waals surface area (Å²) in [6.45, 7) is 4.15. The maximum absolute atomic E-state index is 12.5. The van der Waals surface area contributed by atoms with E-state index in [-0.39, 0.29) is 5.56 Å². The Morgan fingerprint density at radius 1 is 1.00 bits per heavy atom. The first-order valence-electron chi connectivity index (χ1n) is 7.65. The molecule has 0 bridgehead atoms. The molecule has 1 amide bonds. The van der Waals surface area contributed by atoms with Crippen LogP contribution in [0.4, 0.5) is 24.5 Å². The highest BCUT2D eigenvalue weighted by molar-refractivity contribution is 6.04. The van der Waals surface area contributed by atoms with E-state index in [1.165, 1.54) is 0 Å². The third-order valence-corrected chi connectivity index (χ3v) is 3.64. The number of nitrogens with one attached hydrogen (secondary N) is 2. The van der Waals surface area contributed by atoms with Gasteiger partial charge in [-0.2, -0.15) is 13.2 Å². The van der Waals surface area contributed by atoms with Crippen molar-refractivity contribution in [1.82, 2.24) is 0 Å². The van der Waals surface area contributed by atoms with Crippen LogP contribution in [0, 0.1) is 0 Å². The fraction of sp³-hybridized carbons (Fsp3) is 0.278. The van der Waals surface area contributed by atoms with Crippen LogP contribution in [0.2, 0.25) is 0 Å². The summed E-state index contributed by atoms with van der Waals surface area (Å²) >= 11 is 0. The Morgan fingerprint density at radius 3 is 2.04 bits per heavy atom. The second-order valence-electron chi connectivity index (χ2n) is 5.56. The van der Waals surface area contributed by atoms with Crippen molar-refractivity contribution in [3.63, 3.8) is 0 Å². The molecule has 1 unspecified atom stereocenters. The van der Waals surface area contributed by atoms with E-state index in [9.17, 15) is 18.0 Å². The molecule has 0 aliphatic rings. The molecule has 24 heavy (non-hydrogen) atoms. The number of alkyl halides is 3. The molecule has 0 aliphatic heterocycles. The van der Waals surface area contributed by atoms with E-state index in [0.717, 1.165) is 36.4 Å². The number of hydrogen-bond donors (Lipinski definition) is 2. The van der Waals surface area contributed by atoms with E-state index >= 15 is 0 Å². The van der Waals surface area contributed by atoms with Crippen LogP contribution in [0.15, 0.2) is 48.5 Å². The average Bonchev–Trinajstić information content (AvgIpc) is 2.55. The molecule has 1 atom stereocenters. The first kappa shape index (κ1) is 17.8. The van der Waals surface area contributed by atoms with Gasteiger partial charge in [-0.15, -0.1) is 0 Å². The number of amides is 1. The quantitative estimate of drug-likeness (QED) is 0.791. The van der Waals surface area contributed by atoms with Crippen molar-refractivity contribution in [3.8, 4) is 0 Å². The molecule has 2 aromatic carbocycles. The summed E-state index contributed by atoms with van der Waals surface area (Å²) in [5.41, 5.74) is 0.913. The molecule has 0 saturated carbocycles. The van der Waals surface area contributed by atoms with Gasteiger partial charge in [0, 0.05) is 23.0 Å². The highest BCUT2D eigenvalue weighted by atomic mass is 19.4. The maximum atomic E-state index is 12.5. The van der Waals surface area contributed by atoms with Gasteiger partial charge in [0.2, 0.25) is 0 Å². The van der Waals surface area contributed by atoms with Crippen molar-refractivity contribution < 1.29 is 18.0 Å².